The van der Waals surface area contributed by atoms with Gasteiger partial charge in [0.2, 0.25) is 10.0 Å². The lowest BCUT2D eigenvalue weighted by atomic mass is 10.00. The number of carbonyl (C=O) groups is 1. The van der Waals surface area contributed by atoms with Gasteiger partial charge >= 0.3 is 0 Å². The number of halogens is 1. The summed E-state index contributed by atoms with van der Waals surface area (Å²) in [6.45, 7) is 4.74. The average molecular weight is 579 g/mol. The van der Waals surface area contributed by atoms with E-state index in [1.54, 1.807) is 30.3 Å². The monoisotopic (exact) mass is 578 g/mol. The number of furan rings is 1. The molecule has 7 nitrogen and oxygen atoms in total. The van der Waals surface area contributed by atoms with Crippen LogP contribution in [0.5, 0.6) is 0 Å². The van der Waals surface area contributed by atoms with E-state index in [2.05, 4.69) is 6.58 Å². The van der Waals surface area contributed by atoms with Crippen LogP contribution in [0, 0.1) is 5.92 Å². The van der Waals surface area contributed by atoms with Crippen molar-refractivity contribution in [2.45, 2.75) is 25.9 Å². The SMILES string of the molecule is C=C(COCc1ccccc1)CN(c1cc2oc(-c3ccc(Cl)cc3)c(C(N)=O)c2cc1CC1CC1)S(C)(=O)=O. The molecule has 1 fully saturated rings. The Balaban J connectivity index is 1.52. The molecule has 40 heavy (non-hydrogen) atoms. The highest BCUT2D eigenvalue weighted by molar-refractivity contribution is 7.92. The minimum atomic E-state index is -3.70. The summed E-state index contributed by atoms with van der Waals surface area (Å²) in [6.07, 6.45) is 3.99. The molecule has 208 valence electrons. The maximum atomic E-state index is 13.1. The molecule has 0 bridgehead atoms. The Kier molecular flexibility index (Phi) is 8.03. The summed E-state index contributed by atoms with van der Waals surface area (Å²) in [6, 6.07) is 20.2. The molecule has 0 unspecified atom stereocenters. The summed E-state index contributed by atoms with van der Waals surface area (Å²) in [5.74, 6) is 0.144. The summed E-state index contributed by atoms with van der Waals surface area (Å²) in [4.78, 5) is 12.6. The molecule has 1 heterocycles. The third kappa shape index (κ3) is 6.41. The maximum absolute atomic E-state index is 13.1. The van der Waals surface area contributed by atoms with Gasteiger partial charge in [-0.15, -0.1) is 0 Å². The van der Waals surface area contributed by atoms with E-state index >= 15 is 0 Å². The van der Waals surface area contributed by atoms with E-state index in [0.29, 0.717) is 57.5 Å². The molecule has 3 aromatic carbocycles. The first-order valence-electron chi connectivity index (χ1n) is 13.0. The predicted octanol–water partition coefficient (Wildman–Crippen LogP) is 6.34. The zero-order valence-electron chi connectivity index (χ0n) is 22.2. The maximum Gasteiger partial charge on any atom is 0.253 e. The Morgan fingerprint density at radius 2 is 1.82 bits per heavy atom. The summed E-state index contributed by atoms with van der Waals surface area (Å²) in [5.41, 5.74) is 10.0. The Labute approximate surface area is 239 Å². The molecule has 9 heteroatoms. The van der Waals surface area contributed by atoms with Crippen LogP contribution in [-0.2, 0) is 27.8 Å². The fourth-order valence-electron chi connectivity index (χ4n) is 4.77. The van der Waals surface area contributed by atoms with Crippen molar-refractivity contribution in [2.24, 2.45) is 11.7 Å². The van der Waals surface area contributed by atoms with Crippen LogP contribution in [-0.4, -0.2) is 33.7 Å². The third-order valence-electron chi connectivity index (χ3n) is 6.90. The van der Waals surface area contributed by atoms with Crippen LogP contribution in [0.1, 0.15) is 34.3 Å². The van der Waals surface area contributed by atoms with Gasteiger partial charge < -0.3 is 14.9 Å². The normalized spacial score (nSPS) is 13.4. The van der Waals surface area contributed by atoms with Gasteiger partial charge in [0.05, 0.1) is 37.3 Å². The zero-order valence-corrected chi connectivity index (χ0v) is 23.8. The quantitative estimate of drug-likeness (QED) is 0.197. The molecule has 1 amide bonds. The van der Waals surface area contributed by atoms with Crippen molar-refractivity contribution in [1.29, 1.82) is 0 Å². The van der Waals surface area contributed by atoms with Gasteiger partial charge in [0.15, 0.2) is 0 Å². The fourth-order valence-corrected chi connectivity index (χ4v) is 5.84. The number of hydrogen-bond acceptors (Lipinski definition) is 5. The van der Waals surface area contributed by atoms with Crippen LogP contribution in [0.3, 0.4) is 0 Å². The zero-order chi connectivity index (χ0) is 28.4. The van der Waals surface area contributed by atoms with Gasteiger partial charge in [0.25, 0.3) is 5.91 Å². The van der Waals surface area contributed by atoms with Gasteiger partial charge in [-0.1, -0.05) is 48.5 Å². The van der Waals surface area contributed by atoms with Crippen molar-refractivity contribution in [2.75, 3.05) is 23.7 Å². The van der Waals surface area contributed by atoms with E-state index in [1.807, 2.05) is 36.4 Å². The number of hydrogen-bond donors (Lipinski definition) is 1. The number of primary amides is 1. The van der Waals surface area contributed by atoms with Crippen LogP contribution in [0.4, 0.5) is 5.69 Å². The van der Waals surface area contributed by atoms with E-state index in [0.717, 1.165) is 24.0 Å². The lowest BCUT2D eigenvalue weighted by Gasteiger charge is -2.26. The van der Waals surface area contributed by atoms with E-state index < -0.39 is 15.9 Å². The molecule has 1 aromatic heterocycles. The molecule has 0 atom stereocenters. The third-order valence-corrected chi connectivity index (χ3v) is 8.28. The number of carbonyl (C=O) groups excluding carboxylic acids is 1. The Morgan fingerprint density at radius 3 is 2.45 bits per heavy atom. The molecular formula is C31H31ClN2O5S. The van der Waals surface area contributed by atoms with Gasteiger partial charge in [-0.25, -0.2) is 8.42 Å². The number of fused-ring (bicyclic) bond motifs is 1. The van der Waals surface area contributed by atoms with E-state index in [4.69, 9.17) is 26.5 Å². The summed E-state index contributed by atoms with van der Waals surface area (Å²) < 4.78 is 39.5. The largest absolute Gasteiger partial charge is 0.455 e. The second-order valence-electron chi connectivity index (χ2n) is 10.3. The van der Waals surface area contributed by atoms with Gasteiger partial charge in [-0.05, 0) is 72.2 Å². The van der Waals surface area contributed by atoms with Crippen molar-refractivity contribution in [3.8, 4) is 11.3 Å². The van der Waals surface area contributed by atoms with E-state index in [-0.39, 0.29) is 18.7 Å². The predicted molar refractivity (Wildman–Crippen MR) is 159 cm³/mol. The number of amides is 1. The van der Waals surface area contributed by atoms with Crippen molar-refractivity contribution in [3.63, 3.8) is 0 Å². The van der Waals surface area contributed by atoms with E-state index in [1.165, 1.54) is 10.6 Å². The Bertz CT molecular complexity index is 1660. The standard InChI is InChI=1S/C31H31ClN2O5S/c1-20(18-38-19-22-6-4-3-5-7-22)17-34(40(2,36)37)27-16-28-26(15-24(27)14-21-8-9-21)29(31(33)35)30(39-28)23-10-12-25(32)13-11-23/h3-7,10-13,15-16,21H,1,8-9,14,17-19H2,2H3,(H2,33,35). The van der Waals surface area contributed by atoms with Crippen molar-refractivity contribution < 1.29 is 22.4 Å². The first kappa shape index (κ1) is 28.0. The minimum absolute atomic E-state index is 0.0459. The Morgan fingerprint density at radius 1 is 1.12 bits per heavy atom. The molecule has 0 aliphatic heterocycles. The first-order valence-corrected chi connectivity index (χ1v) is 15.2. The lowest BCUT2D eigenvalue weighted by Crippen LogP contribution is -2.33. The highest BCUT2D eigenvalue weighted by Gasteiger charge is 2.29. The van der Waals surface area contributed by atoms with Gasteiger partial charge in [-0.3, -0.25) is 9.10 Å². The molecule has 1 aliphatic carbocycles. The number of benzene rings is 3. The van der Waals surface area contributed by atoms with Gasteiger partial charge in [0, 0.05) is 22.0 Å². The minimum Gasteiger partial charge on any atom is -0.455 e. The number of nitrogens with zero attached hydrogens (tertiary/aromatic N) is 1. The summed E-state index contributed by atoms with van der Waals surface area (Å²) in [7, 11) is -3.70. The molecule has 1 saturated carbocycles. The number of ether oxygens (including phenoxy) is 1. The second-order valence-corrected chi connectivity index (χ2v) is 12.6. The van der Waals surface area contributed by atoms with Crippen LogP contribution in [0.2, 0.25) is 5.02 Å². The number of anilines is 1. The van der Waals surface area contributed by atoms with Crippen LogP contribution < -0.4 is 10.0 Å². The fraction of sp³-hybridized carbons (Fsp3) is 0.258. The highest BCUT2D eigenvalue weighted by Crippen LogP contribution is 2.41. The summed E-state index contributed by atoms with van der Waals surface area (Å²) in [5, 5.41) is 1.10. The van der Waals surface area contributed by atoms with Gasteiger partial charge in [0.1, 0.15) is 11.3 Å². The van der Waals surface area contributed by atoms with E-state index in [9.17, 15) is 13.2 Å². The smallest absolute Gasteiger partial charge is 0.253 e. The lowest BCUT2D eigenvalue weighted by molar-refractivity contribution is 0.100. The van der Waals surface area contributed by atoms with Crippen LogP contribution in [0.15, 0.2) is 83.3 Å². The number of nitrogens with two attached hydrogens (primary N) is 1. The molecule has 5 rings (SSSR count). The highest BCUT2D eigenvalue weighted by atomic mass is 35.5. The topological polar surface area (TPSA) is 103 Å². The number of rotatable bonds is 12. The molecular weight excluding hydrogens is 548 g/mol. The molecule has 0 spiro atoms. The molecule has 4 aromatic rings. The van der Waals surface area contributed by atoms with Crippen molar-refractivity contribution >= 4 is 44.2 Å². The first-order chi connectivity index (χ1) is 19.1. The average Bonchev–Trinajstić information content (AvgIpc) is 3.64. The van der Waals surface area contributed by atoms with Crippen LogP contribution in [0.25, 0.3) is 22.3 Å². The molecule has 0 saturated heterocycles. The van der Waals surface area contributed by atoms with Crippen molar-refractivity contribution in [1.82, 2.24) is 0 Å². The summed E-state index contributed by atoms with van der Waals surface area (Å²) >= 11 is 6.06. The Hall–Kier alpha value is -3.59. The number of sulfonamides is 1. The van der Waals surface area contributed by atoms with Gasteiger partial charge in [-0.2, -0.15) is 0 Å². The molecule has 0 radical (unpaired) electrons. The molecule has 1 aliphatic rings. The second kappa shape index (κ2) is 11.5. The van der Waals surface area contributed by atoms with Crippen molar-refractivity contribution in [3.05, 3.63) is 101 Å². The van der Waals surface area contributed by atoms with Crippen LogP contribution >= 0.6 is 11.6 Å². The molecule has 2 N–H and O–H groups in total.